The number of halogens is 1. The first-order valence-electron chi connectivity index (χ1n) is 9.08. The third kappa shape index (κ3) is 5.30. The molecule has 6 nitrogen and oxygen atoms in total. The van der Waals surface area contributed by atoms with Crippen LogP contribution in [0.3, 0.4) is 0 Å². The van der Waals surface area contributed by atoms with Gasteiger partial charge in [-0.2, -0.15) is 5.10 Å². The number of hydrazone groups is 1. The van der Waals surface area contributed by atoms with Crippen LogP contribution in [0.25, 0.3) is 0 Å². The number of carbonyl (C=O) groups is 1. The number of carbonyl (C=O) groups excluding carboxylic acids is 1. The second-order valence-corrected chi connectivity index (χ2v) is 8.37. The summed E-state index contributed by atoms with van der Waals surface area (Å²) in [4.78, 5) is 12.5. The van der Waals surface area contributed by atoms with Crippen LogP contribution in [-0.2, 0) is 14.8 Å². The lowest BCUT2D eigenvalue weighted by molar-refractivity contribution is -0.119. The van der Waals surface area contributed by atoms with Gasteiger partial charge in [0.15, 0.2) is 0 Å². The molecule has 0 aromatic heterocycles. The second kappa shape index (κ2) is 9.32. The molecule has 0 fully saturated rings. The minimum absolute atomic E-state index is 0.0829. The number of nitrogens with one attached hydrogen (secondary N) is 1. The van der Waals surface area contributed by atoms with Crippen LogP contribution in [0.5, 0.6) is 0 Å². The maximum atomic E-state index is 13.2. The summed E-state index contributed by atoms with van der Waals surface area (Å²) >= 11 is 0. The lowest BCUT2D eigenvalue weighted by Gasteiger charge is -2.23. The molecule has 1 N–H and O–H groups in total. The zero-order valence-corrected chi connectivity index (χ0v) is 17.0. The largest absolute Gasteiger partial charge is 0.271 e. The van der Waals surface area contributed by atoms with Crippen LogP contribution in [0, 0.1) is 12.7 Å². The molecule has 0 aliphatic rings. The van der Waals surface area contributed by atoms with Crippen LogP contribution in [0.15, 0.2) is 88.9 Å². The smallest absolute Gasteiger partial charge is 0.264 e. The van der Waals surface area contributed by atoms with Crippen LogP contribution >= 0.6 is 0 Å². The van der Waals surface area contributed by atoms with E-state index >= 15 is 0 Å². The van der Waals surface area contributed by atoms with Gasteiger partial charge in [-0.3, -0.25) is 9.10 Å². The summed E-state index contributed by atoms with van der Waals surface area (Å²) in [6.45, 7) is 1.40. The van der Waals surface area contributed by atoms with Gasteiger partial charge in [-0.1, -0.05) is 48.0 Å². The Kier molecular flexibility index (Phi) is 6.58. The number of sulfonamides is 1. The van der Waals surface area contributed by atoms with Gasteiger partial charge in [-0.05, 0) is 48.9 Å². The molecule has 3 aromatic rings. The Hall–Kier alpha value is -3.52. The molecular formula is C22H20FN3O3S. The molecule has 3 aromatic carbocycles. The van der Waals surface area contributed by atoms with Crippen molar-refractivity contribution >= 4 is 27.8 Å². The van der Waals surface area contributed by atoms with Crippen LogP contribution in [0.2, 0.25) is 0 Å². The van der Waals surface area contributed by atoms with Crippen molar-refractivity contribution in [1.29, 1.82) is 0 Å². The predicted molar refractivity (Wildman–Crippen MR) is 114 cm³/mol. The number of hydrogen-bond acceptors (Lipinski definition) is 4. The minimum Gasteiger partial charge on any atom is -0.271 e. The molecule has 0 spiro atoms. The topological polar surface area (TPSA) is 78.8 Å². The highest BCUT2D eigenvalue weighted by Gasteiger charge is 2.27. The van der Waals surface area contributed by atoms with Crippen LogP contribution in [-0.4, -0.2) is 27.1 Å². The van der Waals surface area contributed by atoms with E-state index in [0.717, 1.165) is 9.87 Å². The Bertz CT molecular complexity index is 1130. The number of benzene rings is 3. The fourth-order valence-electron chi connectivity index (χ4n) is 2.64. The number of nitrogens with zero attached hydrogens (tertiary/aromatic N) is 2. The molecular weight excluding hydrogens is 405 g/mol. The van der Waals surface area contributed by atoms with Crippen LogP contribution < -0.4 is 9.73 Å². The predicted octanol–water partition coefficient (Wildman–Crippen LogP) is 3.48. The number of anilines is 1. The summed E-state index contributed by atoms with van der Waals surface area (Å²) in [7, 11) is -3.97. The van der Waals surface area contributed by atoms with Gasteiger partial charge in [-0.15, -0.1) is 0 Å². The second-order valence-electron chi connectivity index (χ2n) is 6.51. The van der Waals surface area contributed by atoms with Crippen LogP contribution in [0.1, 0.15) is 11.1 Å². The van der Waals surface area contributed by atoms with Crippen molar-refractivity contribution < 1.29 is 17.6 Å². The Morgan fingerprint density at radius 1 is 1.00 bits per heavy atom. The van der Waals surface area contributed by atoms with Gasteiger partial charge >= 0.3 is 0 Å². The van der Waals surface area contributed by atoms with E-state index < -0.39 is 22.5 Å². The van der Waals surface area contributed by atoms with Crippen molar-refractivity contribution in [1.82, 2.24) is 5.43 Å². The van der Waals surface area contributed by atoms with Gasteiger partial charge in [0.25, 0.3) is 15.9 Å². The average molecular weight is 425 g/mol. The van der Waals surface area contributed by atoms with E-state index in [-0.39, 0.29) is 10.7 Å². The number of amides is 1. The zero-order chi connectivity index (χ0) is 21.6. The summed E-state index contributed by atoms with van der Waals surface area (Å²) < 4.78 is 40.3. The minimum atomic E-state index is -3.97. The highest BCUT2D eigenvalue weighted by molar-refractivity contribution is 7.92. The third-order valence-corrected chi connectivity index (χ3v) is 6.00. The summed E-state index contributed by atoms with van der Waals surface area (Å²) in [5.74, 6) is -0.996. The van der Waals surface area contributed by atoms with Gasteiger partial charge in [0, 0.05) is 0 Å². The first-order valence-corrected chi connectivity index (χ1v) is 10.5. The monoisotopic (exact) mass is 425 g/mol. The van der Waals surface area contributed by atoms with Crippen molar-refractivity contribution in [2.75, 3.05) is 10.8 Å². The molecule has 3 rings (SSSR count). The van der Waals surface area contributed by atoms with Crippen molar-refractivity contribution in [2.24, 2.45) is 5.10 Å². The summed E-state index contributed by atoms with van der Waals surface area (Å²) in [5, 5.41) is 3.82. The van der Waals surface area contributed by atoms with Crippen molar-refractivity contribution in [3.05, 3.63) is 95.8 Å². The van der Waals surface area contributed by atoms with Gasteiger partial charge in [-0.25, -0.2) is 18.2 Å². The molecule has 0 bridgehead atoms. The lowest BCUT2D eigenvalue weighted by Crippen LogP contribution is -2.39. The number of aryl methyl sites for hydroxylation is 1. The van der Waals surface area contributed by atoms with E-state index in [1.807, 2.05) is 6.92 Å². The molecule has 0 aliphatic heterocycles. The van der Waals surface area contributed by atoms with Crippen molar-refractivity contribution in [3.63, 3.8) is 0 Å². The third-order valence-electron chi connectivity index (χ3n) is 4.21. The quantitative estimate of drug-likeness (QED) is 0.465. The van der Waals surface area contributed by atoms with Crippen molar-refractivity contribution in [2.45, 2.75) is 11.8 Å². The van der Waals surface area contributed by atoms with Crippen molar-refractivity contribution in [3.8, 4) is 0 Å². The lowest BCUT2D eigenvalue weighted by atomic mass is 10.2. The Labute approximate surface area is 174 Å². The normalized spacial score (nSPS) is 11.4. The molecule has 0 saturated carbocycles. The average Bonchev–Trinajstić information content (AvgIpc) is 2.74. The van der Waals surface area contributed by atoms with Gasteiger partial charge in [0.1, 0.15) is 12.4 Å². The van der Waals surface area contributed by atoms with Gasteiger partial charge in [0.05, 0.1) is 16.8 Å². The molecule has 30 heavy (non-hydrogen) atoms. The molecule has 0 aliphatic carbocycles. The van der Waals surface area contributed by atoms with E-state index in [0.29, 0.717) is 11.3 Å². The highest BCUT2D eigenvalue weighted by atomic mass is 32.2. The Morgan fingerprint density at radius 3 is 2.27 bits per heavy atom. The number of para-hydroxylation sites is 1. The van der Waals surface area contributed by atoms with Crippen LogP contribution in [0.4, 0.5) is 10.1 Å². The zero-order valence-electron chi connectivity index (χ0n) is 16.2. The standard InChI is InChI=1S/C22H20FN3O3S/c1-17-7-13-21(14-8-17)30(28,29)26(20-5-3-2-4-6-20)16-22(27)25-24-15-18-9-11-19(23)12-10-18/h2-15H,16H2,1H3,(H,25,27). The molecule has 1 amide bonds. The molecule has 0 heterocycles. The molecule has 0 saturated heterocycles. The summed E-state index contributed by atoms with van der Waals surface area (Å²) in [6.07, 6.45) is 1.35. The maximum Gasteiger partial charge on any atom is 0.264 e. The summed E-state index contributed by atoms with van der Waals surface area (Å²) in [5.41, 5.74) is 4.18. The molecule has 8 heteroatoms. The molecule has 0 radical (unpaired) electrons. The first-order chi connectivity index (χ1) is 14.4. The van der Waals surface area contributed by atoms with Gasteiger partial charge < -0.3 is 0 Å². The molecule has 154 valence electrons. The molecule has 0 unspecified atom stereocenters. The van der Waals surface area contributed by atoms with E-state index in [9.17, 15) is 17.6 Å². The summed E-state index contributed by atoms with van der Waals surface area (Å²) in [6, 6.07) is 20.3. The maximum absolute atomic E-state index is 13.2. The highest BCUT2D eigenvalue weighted by Crippen LogP contribution is 2.23. The molecule has 0 atom stereocenters. The first kappa shape index (κ1) is 21.2. The Balaban J connectivity index is 1.80. The number of hydrogen-bond donors (Lipinski definition) is 1. The number of rotatable bonds is 7. The fraction of sp³-hybridized carbons (Fsp3) is 0.0909. The van der Waals surface area contributed by atoms with E-state index in [1.54, 1.807) is 42.5 Å². The fourth-order valence-corrected chi connectivity index (χ4v) is 4.06. The van der Waals surface area contributed by atoms with E-state index in [4.69, 9.17) is 0 Å². The van der Waals surface area contributed by atoms with E-state index in [1.165, 1.54) is 42.6 Å². The van der Waals surface area contributed by atoms with E-state index in [2.05, 4.69) is 10.5 Å². The van der Waals surface area contributed by atoms with Gasteiger partial charge in [0.2, 0.25) is 0 Å². The Morgan fingerprint density at radius 2 is 1.63 bits per heavy atom. The SMILES string of the molecule is Cc1ccc(S(=O)(=O)N(CC(=O)NN=Cc2ccc(F)cc2)c2ccccc2)cc1.